The lowest BCUT2D eigenvalue weighted by Gasteiger charge is -2.24. The molecule has 110 valence electrons. The van der Waals surface area contributed by atoms with Gasteiger partial charge in [0, 0.05) is 12.1 Å². The summed E-state index contributed by atoms with van der Waals surface area (Å²) < 4.78 is 57.5. The van der Waals surface area contributed by atoms with Gasteiger partial charge in [-0.2, -0.15) is 21.6 Å². The van der Waals surface area contributed by atoms with Crippen molar-refractivity contribution >= 4 is 10.1 Å². The van der Waals surface area contributed by atoms with Crippen LogP contribution in [0.1, 0.15) is 46.0 Å². The number of hydrogen-bond donors (Lipinski definition) is 2. The average Bonchev–Trinajstić information content (AvgIpc) is 2.15. The SMILES string of the molecule is CC(C)NC1CCCCC1.O=S(=O)(O)C(F)(F)F. The third kappa shape index (κ3) is 7.88. The second-order valence-electron chi connectivity index (χ2n) is 4.58. The third-order valence-corrected chi connectivity index (χ3v) is 3.05. The van der Waals surface area contributed by atoms with Gasteiger partial charge in [-0.3, -0.25) is 4.55 Å². The molecule has 0 bridgehead atoms. The minimum absolute atomic E-state index is 0.670. The van der Waals surface area contributed by atoms with Crippen LogP contribution in [-0.2, 0) is 10.1 Å². The van der Waals surface area contributed by atoms with Gasteiger partial charge in [-0.15, -0.1) is 0 Å². The van der Waals surface area contributed by atoms with Crippen LogP contribution < -0.4 is 5.32 Å². The Kier molecular flexibility index (Phi) is 7.16. The maximum atomic E-state index is 10.7. The van der Waals surface area contributed by atoms with Gasteiger partial charge in [0.15, 0.2) is 0 Å². The number of halogens is 3. The summed E-state index contributed by atoms with van der Waals surface area (Å²) in [7, 11) is -5.84. The molecule has 0 radical (unpaired) electrons. The number of nitrogens with one attached hydrogen (secondary N) is 1. The first-order chi connectivity index (χ1) is 8.04. The third-order valence-electron chi connectivity index (χ3n) is 2.47. The summed E-state index contributed by atoms with van der Waals surface area (Å²) in [4.78, 5) is 0. The summed E-state index contributed by atoms with van der Waals surface area (Å²) in [6.07, 6.45) is 7.13. The lowest BCUT2D eigenvalue weighted by Crippen LogP contribution is -2.35. The summed E-state index contributed by atoms with van der Waals surface area (Å²) in [6, 6.07) is 1.50. The quantitative estimate of drug-likeness (QED) is 0.606. The summed E-state index contributed by atoms with van der Waals surface area (Å²) in [6.45, 7) is 4.46. The van der Waals surface area contributed by atoms with E-state index in [2.05, 4.69) is 19.2 Å². The van der Waals surface area contributed by atoms with Gasteiger partial charge in [0.25, 0.3) is 0 Å². The van der Waals surface area contributed by atoms with E-state index in [1.807, 2.05) is 0 Å². The summed E-state index contributed by atoms with van der Waals surface area (Å²) in [5, 5.41) is 3.58. The van der Waals surface area contributed by atoms with Gasteiger partial charge in [0.05, 0.1) is 0 Å². The molecule has 1 saturated carbocycles. The summed E-state index contributed by atoms with van der Waals surface area (Å²) in [5.41, 5.74) is -5.53. The van der Waals surface area contributed by atoms with Crippen molar-refractivity contribution in [1.82, 2.24) is 5.32 Å². The van der Waals surface area contributed by atoms with Gasteiger partial charge in [0.2, 0.25) is 0 Å². The van der Waals surface area contributed by atoms with Crippen LogP contribution in [0.25, 0.3) is 0 Å². The van der Waals surface area contributed by atoms with Gasteiger partial charge < -0.3 is 5.32 Å². The van der Waals surface area contributed by atoms with Crippen molar-refractivity contribution in [1.29, 1.82) is 0 Å². The molecule has 0 saturated heterocycles. The van der Waals surface area contributed by atoms with E-state index in [9.17, 15) is 13.2 Å². The molecule has 0 aromatic rings. The molecule has 18 heavy (non-hydrogen) atoms. The van der Waals surface area contributed by atoms with Crippen LogP contribution in [0, 0.1) is 0 Å². The fraction of sp³-hybridized carbons (Fsp3) is 1.00. The van der Waals surface area contributed by atoms with Crippen LogP contribution >= 0.6 is 0 Å². The van der Waals surface area contributed by atoms with E-state index in [0.717, 1.165) is 6.04 Å². The Balaban J connectivity index is 0.000000331. The Morgan fingerprint density at radius 2 is 1.56 bits per heavy atom. The first kappa shape index (κ1) is 17.7. The summed E-state index contributed by atoms with van der Waals surface area (Å²) >= 11 is 0. The molecule has 0 aliphatic heterocycles. The zero-order valence-corrected chi connectivity index (χ0v) is 11.3. The van der Waals surface area contributed by atoms with Crippen LogP contribution in [0.5, 0.6) is 0 Å². The van der Waals surface area contributed by atoms with E-state index >= 15 is 0 Å². The van der Waals surface area contributed by atoms with Crippen molar-refractivity contribution in [3.05, 3.63) is 0 Å². The molecule has 1 fully saturated rings. The van der Waals surface area contributed by atoms with Gasteiger partial charge in [-0.1, -0.05) is 33.1 Å². The van der Waals surface area contributed by atoms with E-state index < -0.39 is 15.6 Å². The van der Waals surface area contributed by atoms with Gasteiger partial charge in [0.1, 0.15) is 0 Å². The topological polar surface area (TPSA) is 66.4 Å². The minimum Gasteiger partial charge on any atom is -0.312 e. The molecule has 1 rings (SSSR count). The Morgan fingerprint density at radius 1 is 1.17 bits per heavy atom. The molecule has 0 amide bonds. The van der Waals surface area contributed by atoms with E-state index in [1.165, 1.54) is 32.1 Å². The molecule has 2 N–H and O–H groups in total. The molecular weight excluding hydrogens is 271 g/mol. The van der Waals surface area contributed by atoms with Crippen LogP contribution in [0.3, 0.4) is 0 Å². The van der Waals surface area contributed by atoms with Crippen molar-refractivity contribution in [3.63, 3.8) is 0 Å². The maximum Gasteiger partial charge on any atom is 0.522 e. The lowest BCUT2D eigenvalue weighted by molar-refractivity contribution is -0.0510. The molecule has 0 spiro atoms. The zero-order valence-electron chi connectivity index (χ0n) is 10.5. The molecule has 0 heterocycles. The van der Waals surface area contributed by atoms with Crippen molar-refractivity contribution in [2.75, 3.05) is 0 Å². The highest BCUT2D eigenvalue weighted by molar-refractivity contribution is 7.86. The van der Waals surface area contributed by atoms with Gasteiger partial charge in [-0.25, -0.2) is 0 Å². The minimum atomic E-state index is -5.84. The Hall–Kier alpha value is -0.340. The number of rotatable bonds is 2. The highest BCUT2D eigenvalue weighted by atomic mass is 32.2. The van der Waals surface area contributed by atoms with Crippen LogP contribution in [0.2, 0.25) is 0 Å². The molecule has 8 heteroatoms. The number of hydrogen-bond acceptors (Lipinski definition) is 3. The first-order valence-electron chi connectivity index (χ1n) is 5.84. The largest absolute Gasteiger partial charge is 0.522 e. The molecule has 1 aliphatic rings. The standard InChI is InChI=1S/C9H19N.CHF3O3S/c1-8(2)10-9-6-4-3-5-7-9;2-1(3,4)8(5,6)7/h8-10H,3-7H2,1-2H3;(H,5,6,7). The van der Waals surface area contributed by atoms with Crippen molar-refractivity contribution < 1.29 is 26.1 Å². The smallest absolute Gasteiger partial charge is 0.312 e. The Labute approximate surface area is 106 Å². The van der Waals surface area contributed by atoms with Crippen molar-refractivity contribution in [2.45, 2.75) is 63.5 Å². The van der Waals surface area contributed by atoms with E-state index in [0.29, 0.717) is 6.04 Å². The molecule has 4 nitrogen and oxygen atoms in total. The second-order valence-corrected chi connectivity index (χ2v) is 5.99. The molecule has 0 aromatic heterocycles. The van der Waals surface area contributed by atoms with Crippen LogP contribution in [0.4, 0.5) is 13.2 Å². The number of alkyl halides is 3. The van der Waals surface area contributed by atoms with E-state index in [-0.39, 0.29) is 0 Å². The average molecular weight is 291 g/mol. The molecule has 1 aliphatic carbocycles. The van der Waals surface area contributed by atoms with Gasteiger partial charge >= 0.3 is 15.6 Å². The lowest BCUT2D eigenvalue weighted by atomic mass is 9.95. The van der Waals surface area contributed by atoms with Crippen molar-refractivity contribution in [2.24, 2.45) is 0 Å². The van der Waals surface area contributed by atoms with Crippen LogP contribution in [0.15, 0.2) is 0 Å². The fourth-order valence-electron chi connectivity index (χ4n) is 1.74. The molecule has 0 atom stereocenters. The fourth-order valence-corrected chi connectivity index (χ4v) is 1.74. The normalized spacial score (nSPS) is 18.4. The highest BCUT2D eigenvalue weighted by Crippen LogP contribution is 2.20. The van der Waals surface area contributed by atoms with Crippen LogP contribution in [-0.4, -0.2) is 30.6 Å². The predicted molar refractivity (Wildman–Crippen MR) is 62.7 cm³/mol. The molecule has 0 unspecified atom stereocenters. The maximum absolute atomic E-state index is 10.7. The zero-order chi connectivity index (χ0) is 14.4. The van der Waals surface area contributed by atoms with Gasteiger partial charge in [-0.05, 0) is 12.8 Å². The van der Waals surface area contributed by atoms with E-state index in [4.69, 9.17) is 13.0 Å². The second kappa shape index (κ2) is 7.30. The highest BCUT2D eigenvalue weighted by Gasteiger charge is 2.44. The molecule has 0 aromatic carbocycles. The first-order valence-corrected chi connectivity index (χ1v) is 7.28. The summed E-state index contributed by atoms with van der Waals surface area (Å²) in [5.74, 6) is 0. The molecular formula is C10H20F3NO3S. The van der Waals surface area contributed by atoms with Crippen molar-refractivity contribution in [3.8, 4) is 0 Å². The Morgan fingerprint density at radius 3 is 1.83 bits per heavy atom. The predicted octanol–water partition coefficient (Wildman–Crippen LogP) is 2.71. The van der Waals surface area contributed by atoms with E-state index in [1.54, 1.807) is 0 Å². The Bertz CT molecular complexity index is 322. The monoisotopic (exact) mass is 291 g/mol.